The lowest BCUT2D eigenvalue weighted by Gasteiger charge is -2.48. The van der Waals surface area contributed by atoms with Gasteiger partial charge in [-0.15, -0.1) is 0 Å². The van der Waals surface area contributed by atoms with Gasteiger partial charge in [0.25, 0.3) is 0 Å². The summed E-state index contributed by atoms with van der Waals surface area (Å²) < 4.78 is 0. The molecule has 0 aliphatic rings. The number of aromatic nitrogens is 2. The Bertz CT molecular complexity index is 2040. The fourth-order valence-corrected chi connectivity index (χ4v) is 6.48. The van der Waals surface area contributed by atoms with E-state index in [0.717, 1.165) is 16.7 Å². The maximum Gasteiger partial charge on any atom is 0.248 e. The van der Waals surface area contributed by atoms with Gasteiger partial charge in [-0.2, -0.15) is 0 Å². The van der Waals surface area contributed by atoms with Crippen molar-refractivity contribution in [2.24, 2.45) is 0 Å². The molecule has 0 radical (unpaired) electrons. The molecule has 0 aliphatic carbocycles. The minimum Gasteiger partial charge on any atom is -0.504 e. The summed E-state index contributed by atoms with van der Waals surface area (Å²) in [5.41, 5.74) is 2.63. The summed E-state index contributed by atoms with van der Waals surface area (Å²) in [5.74, 6) is -2.07. The predicted octanol–water partition coefficient (Wildman–Crippen LogP) is 6.04. The van der Waals surface area contributed by atoms with Crippen LogP contribution in [0.2, 0.25) is 0 Å². The fraction of sp³-hybridized carbons (Fsp3) is 0.119. The van der Waals surface area contributed by atoms with Crippen LogP contribution >= 0.6 is 0 Å². The molecule has 0 saturated heterocycles. The van der Waals surface area contributed by atoms with Gasteiger partial charge in [0.15, 0.2) is 23.0 Å². The zero-order valence-corrected chi connectivity index (χ0v) is 28.1. The maximum atomic E-state index is 15.1. The molecule has 0 bridgehead atoms. The number of carbonyl (C=O) groups excluding carboxylic acids is 2. The number of nitrogens with one attached hydrogen (secondary N) is 2. The number of nitrogens with zero attached hydrogens (tertiary/aromatic N) is 2. The Morgan fingerprint density at radius 2 is 1.29 bits per heavy atom. The van der Waals surface area contributed by atoms with Crippen LogP contribution in [0.15, 0.2) is 146 Å². The average molecular weight is 695 g/mol. The molecule has 0 spiro atoms. The van der Waals surface area contributed by atoms with Gasteiger partial charge in [-0.1, -0.05) is 103 Å². The Hall–Kier alpha value is -6.81. The SMILES string of the molecule is O=C(NCCc1ccc(O)c(O)c1)[C@H](Cc1cnc[nH]1)N(C(=O)C=Cc1ccc(O)c(O)c1)C(c1ccccc1)(c1ccccc1)c1ccccc1. The molecule has 0 unspecified atom stereocenters. The third-order valence-corrected chi connectivity index (χ3v) is 8.93. The topological polar surface area (TPSA) is 159 Å². The third kappa shape index (κ3) is 7.51. The zero-order chi connectivity index (χ0) is 36.5. The van der Waals surface area contributed by atoms with Crippen LogP contribution in [-0.4, -0.2) is 59.7 Å². The van der Waals surface area contributed by atoms with Crippen molar-refractivity contribution in [1.29, 1.82) is 0 Å². The van der Waals surface area contributed by atoms with Crippen LogP contribution in [0.3, 0.4) is 0 Å². The fourth-order valence-electron chi connectivity index (χ4n) is 6.48. The van der Waals surface area contributed by atoms with E-state index in [1.54, 1.807) is 23.2 Å². The van der Waals surface area contributed by atoms with Crippen LogP contribution in [0.1, 0.15) is 33.5 Å². The first-order valence-corrected chi connectivity index (χ1v) is 16.7. The van der Waals surface area contributed by atoms with Crippen molar-refractivity contribution in [3.05, 3.63) is 180 Å². The molecule has 6 N–H and O–H groups in total. The minimum atomic E-state index is -1.35. The lowest BCUT2D eigenvalue weighted by atomic mass is 9.74. The standard InChI is InChI=1S/C42H38N4O6/c47-36-19-16-29(24-38(36)49)18-21-40(51)46(35(26-34-27-43-28-45-34)41(52)44-23-22-30-17-20-37(48)39(50)25-30)42(31-10-4-1-5-11-31,32-12-6-2-7-13-32)33-14-8-3-9-15-33/h1-21,24-25,27-28,35,47-50H,22-23,26H2,(H,43,45)(H,44,52)/t35-/m0/s1. The summed E-state index contributed by atoms with van der Waals surface area (Å²) in [4.78, 5) is 38.7. The lowest BCUT2D eigenvalue weighted by molar-refractivity contribution is -0.141. The minimum absolute atomic E-state index is 0.0691. The van der Waals surface area contributed by atoms with E-state index in [-0.39, 0.29) is 36.0 Å². The van der Waals surface area contributed by atoms with E-state index in [1.165, 1.54) is 42.7 Å². The highest BCUT2D eigenvalue weighted by Gasteiger charge is 2.49. The molecule has 1 heterocycles. The van der Waals surface area contributed by atoms with E-state index < -0.39 is 23.4 Å². The highest BCUT2D eigenvalue weighted by molar-refractivity contribution is 5.97. The first-order chi connectivity index (χ1) is 25.3. The summed E-state index contributed by atoms with van der Waals surface area (Å²) in [7, 11) is 0. The van der Waals surface area contributed by atoms with E-state index in [0.29, 0.717) is 23.2 Å². The number of carbonyl (C=O) groups is 2. The summed E-state index contributed by atoms with van der Waals surface area (Å²) in [6, 6.07) is 36.3. The van der Waals surface area contributed by atoms with Crippen molar-refractivity contribution < 1.29 is 30.0 Å². The Kier molecular flexibility index (Phi) is 10.7. The molecule has 262 valence electrons. The number of rotatable bonds is 13. The number of H-pyrrole nitrogens is 1. The van der Waals surface area contributed by atoms with E-state index in [9.17, 15) is 25.2 Å². The normalized spacial score (nSPS) is 12.0. The molecular weight excluding hydrogens is 656 g/mol. The third-order valence-electron chi connectivity index (χ3n) is 8.93. The second-order valence-corrected chi connectivity index (χ2v) is 12.3. The van der Waals surface area contributed by atoms with E-state index in [2.05, 4.69) is 15.3 Å². The zero-order valence-electron chi connectivity index (χ0n) is 28.1. The summed E-state index contributed by atoms with van der Waals surface area (Å²) >= 11 is 0. The molecule has 1 aromatic heterocycles. The monoisotopic (exact) mass is 694 g/mol. The highest BCUT2D eigenvalue weighted by Crippen LogP contribution is 2.44. The second kappa shape index (κ2) is 15.8. The van der Waals surface area contributed by atoms with Crippen molar-refractivity contribution in [3.8, 4) is 23.0 Å². The largest absolute Gasteiger partial charge is 0.504 e. The van der Waals surface area contributed by atoms with Crippen molar-refractivity contribution in [1.82, 2.24) is 20.2 Å². The first kappa shape index (κ1) is 35.0. The quantitative estimate of drug-likeness (QED) is 0.0489. The van der Waals surface area contributed by atoms with E-state index in [1.807, 2.05) is 91.0 Å². The van der Waals surface area contributed by atoms with Crippen molar-refractivity contribution in [2.75, 3.05) is 6.54 Å². The summed E-state index contributed by atoms with van der Waals surface area (Å²) in [5, 5.41) is 42.9. The number of hydrogen-bond acceptors (Lipinski definition) is 7. The van der Waals surface area contributed by atoms with Crippen LogP contribution < -0.4 is 5.32 Å². The molecule has 5 aromatic carbocycles. The second-order valence-electron chi connectivity index (χ2n) is 12.3. The molecule has 0 saturated carbocycles. The number of imidazole rings is 1. The molecule has 0 aliphatic heterocycles. The average Bonchev–Trinajstić information content (AvgIpc) is 3.69. The van der Waals surface area contributed by atoms with Gasteiger partial charge in [0.2, 0.25) is 11.8 Å². The molecule has 10 heteroatoms. The maximum absolute atomic E-state index is 15.1. The Labute approximate surface area is 301 Å². The lowest BCUT2D eigenvalue weighted by Crippen LogP contribution is -2.60. The van der Waals surface area contributed by atoms with Gasteiger partial charge in [-0.3, -0.25) is 9.59 Å². The number of phenols is 4. The van der Waals surface area contributed by atoms with Gasteiger partial charge in [-0.05, 0) is 64.6 Å². The summed E-state index contributed by atoms with van der Waals surface area (Å²) in [6.07, 6.45) is 6.44. The molecule has 52 heavy (non-hydrogen) atoms. The number of aromatic amines is 1. The van der Waals surface area contributed by atoms with Gasteiger partial charge in [-0.25, -0.2) is 4.98 Å². The van der Waals surface area contributed by atoms with Gasteiger partial charge >= 0.3 is 0 Å². The predicted molar refractivity (Wildman–Crippen MR) is 197 cm³/mol. The molecule has 0 fully saturated rings. The van der Waals surface area contributed by atoms with E-state index >= 15 is 4.79 Å². The Balaban J connectivity index is 1.54. The van der Waals surface area contributed by atoms with Crippen molar-refractivity contribution >= 4 is 17.9 Å². The van der Waals surface area contributed by atoms with Gasteiger partial charge < -0.3 is 35.6 Å². The van der Waals surface area contributed by atoms with Crippen molar-refractivity contribution in [3.63, 3.8) is 0 Å². The summed E-state index contributed by atoms with van der Waals surface area (Å²) in [6.45, 7) is 0.169. The van der Waals surface area contributed by atoms with Crippen LogP contribution in [0.5, 0.6) is 23.0 Å². The molecule has 2 amide bonds. The number of amides is 2. The number of phenolic OH excluding ortho intramolecular Hbond substituents is 4. The number of aromatic hydroxyl groups is 4. The van der Waals surface area contributed by atoms with Gasteiger partial charge in [0, 0.05) is 30.9 Å². The molecule has 6 rings (SSSR count). The van der Waals surface area contributed by atoms with Gasteiger partial charge in [0.05, 0.1) is 6.33 Å². The molecule has 1 atom stereocenters. The van der Waals surface area contributed by atoms with E-state index in [4.69, 9.17) is 0 Å². The highest BCUT2D eigenvalue weighted by atomic mass is 16.3. The van der Waals surface area contributed by atoms with Crippen LogP contribution in [-0.2, 0) is 28.0 Å². The first-order valence-electron chi connectivity index (χ1n) is 16.7. The Morgan fingerprint density at radius 3 is 1.81 bits per heavy atom. The smallest absolute Gasteiger partial charge is 0.248 e. The molecular formula is C42H38N4O6. The number of benzene rings is 5. The molecule has 6 aromatic rings. The Morgan fingerprint density at radius 1 is 0.731 bits per heavy atom. The van der Waals surface area contributed by atoms with Crippen LogP contribution in [0, 0.1) is 0 Å². The van der Waals surface area contributed by atoms with Gasteiger partial charge in [0.1, 0.15) is 11.6 Å². The number of hydrogen-bond donors (Lipinski definition) is 6. The van der Waals surface area contributed by atoms with Crippen LogP contribution in [0.25, 0.3) is 6.08 Å². The van der Waals surface area contributed by atoms with Crippen LogP contribution in [0.4, 0.5) is 0 Å². The van der Waals surface area contributed by atoms with Crippen molar-refractivity contribution in [2.45, 2.75) is 24.4 Å². The molecule has 10 nitrogen and oxygen atoms in total.